The van der Waals surface area contributed by atoms with Gasteiger partial charge < -0.3 is 4.90 Å². The number of carbonyl (C=O) groups is 1. The van der Waals surface area contributed by atoms with Crippen molar-refractivity contribution in [2.75, 3.05) is 31.1 Å². The number of rotatable bonds is 6. The Hall–Kier alpha value is -2.52. The van der Waals surface area contributed by atoms with Crippen molar-refractivity contribution in [3.63, 3.8) is 0 Å². The van der Waals surface area contributed by atoms with E-state index in [4.69, 9.17) is 0 Å². The van der Waals surface area contributed by atoms with Crippen LogP contribution in [-0.2, 0) is 16.4 Å². The summed E-state index contributed by atoms with van der Waals surface area (Å²) in [7, 11) is -3.61. The molecular formula is C24H25N3O3S2. The van der Waals surface area contributed by atoms with Crippen LogP contribution in [0.3, 0.4) is 0 Å². The molecule has 166 valence electrons. The Morgan fingerprint density at radius 1 is 0.906 bits per heavy atom. The molecule has 1 aromatic heterocycles. The number of benzene rings is 2. The van der Waals surface area contributed by atoms with Crippen LogP contribution in [0.25, 0.3) is 0 Å². The quantitative estimate of drug-likeness (QED) is 0.563. The zero-order valence-electron chi connectivity index (χ0n) is 17.6. The van der Waals surface area contributed by atoms with Gasteiger partial charge in [0.05, 0.1) is 20.8 Å². The molecule has 0 radical (unpaired) electrons. The molecule has 6 nitrogen and oxygen atoms in total. The Morgan fingerprint density at radius 2 is 1.62 bits per heavy atom. The predicted molar refractivity (Wildman–Crippen MR) is 127 cm³/mol. The first kappa shape index (κ1) is 21.3. The van der Waals surface area contributed by atoms with Crippen LogP contribution in [-0.4, -0.2) is 51.8 Å². The summed E-state index contributed by atoms with van der Waals surface area (Å²) >= 11 is 1.52. The van der Waals surface area contributed by atoms with Gasteiger partial charge in [0.15, 0.2) is 6.29 Å². The Morgan fingerprint density at radius 3 is 2.34 bits per heavy atom. The zero-order valence-corrected chi connectivity index (χ0v) is 19.2. The first-order chi connectivity index (χ1) is 15.5. The number of thiophene rings is 1. The standard InChI is InChI=1S/C24H25N3O3S2/c28-17-19-10-11-23(31-19)26-12-14-27(15-13-26)24-21-9-5-4-6-18(21)16-22(24)25-32(29,30)20-7-2-1-3-8-20/h1-11,17,22,24-25H,12-16H2. The van der Waals surface area contributed by atoms with E-state index in [1.54, 1.807) is 24.3 Å². The van der Waals surface area contributed by atoms with Crippen molar-refractivity contribution in [3.8, 4) is 0 Å². The summed E-state index contributed by atoms with van der Waals surface area (Å²) in [6.45, 7) is 3.35. The van der Waals surface area contributed by atoms with Crippen LogP contribution < -0.4 is 9.62 Å². The average molecular weight is 468 g/mol. The van der Waals surface area contributed by atoms with Gasteiger partial charge in [-0.05, 0) is 41.8 Å². The lowest BCUT2D eigenvalue weighted by atomic mass is 10.0. The molecule has 2 aliphatic rings. The fourth-order valence-electron chi connectivity index (χ4n) is 4.79. The van der Waals surface area contributed by atoms with Crippen LogP contribution in [0.1, 0.15) is 26.8 Å². The second kappa shape index (κ2) is 8.78. The van der Waals surface area contributed by atoms with Gasteiger partial charge in [-0.15, -0.1) is 11.3 Å². The SMILES string of the molecule is O=Cc1ccc(N2CCN(C3c4ccccc4CC3NS(=O)(=O)c3ccccc3)CC2)s1. The minimum atomic E-state index is -3.61. The Bertz CT molecular complexity index is 1200. The summed E-state index contributed by atoms with van der Waals surface area (Å²) in [5.41, 5.74) is 2.41. The monoisotopic (exact) mass is 467 g/mol. The molecule has 0 bridgehead atoms. The molecule has 1 saturated heterocycles. The molecular weight excluding hydrogens is 442 g/mol. The fraction of sp³-hybridized carbons (Fsp3) is 0.292. The van der Waals surface area contributed by atoms with E-state index >= 15 is 0 Å². The molecule has 1 aliphatic carbocycles. The van der Waals surface area contributed by atoms with Crippen molar-refractivity contribution in [2.24, 2.45) is 0 Å². The highest BCUT2D eigenvalue weighted by Crippen LogP contribution is 2.38. The van der Waals surface area contributed by atoms with Gasteiger partial charge in [-0.2, -0.15) is 0 Å². The smallest absolute Gasteiger partial charge is 0.240 e. The van der Waals surface area contributed by atoms with Crippen molar-refractivity contribution in [1.82, 2.24) is 9.62 Å². The maximum atomic E-state index is 13.1. The topological polar surface area (TPSA) is 69.7 Å². The van der Waals surface area contributed by atoms with Crippen LogP contribution >= 0.6 is 11.3 Å². The summed E-state index contributed by atoms with van der Waals surface area (Å²) in [6.07, 6.45) is 1.57. The summed E-state index contributed by atoms with van der Waals surface area (Å²) in [6, 6.07) is 20.5. The number of carbonyl (C=O) groups excluding carboxylic acids is 1. The van der Waals surface area contributed by atoms with E-state index in [0.717, 1.165) is 42.3 Å². The highest BCUT2D eigenvalue weighted by Gasteiger charge is 2.39. The third-order valence-corrected chi connectivity index (χ3v) is 8.88. The summed E-state index contributed by atoms with van der Waals surface area (Å²) in [5, 5.41) is 1.11. The first-order valence-corrected chi connectivity index (χ1v) is 13.0. The molecule has 2 unspecified atom stereocenters. The van der Waals surface area contributed by atoms with E-state index < -0.39 is 10.0 Å². The van der Waals surface area contributed by atoms with Crippen molar-refractivity contribution in [3.05, 3.63) is 82.7 Å². The second-order valence-electron chi connectivity index (χ2n) is 8.21. The van der Waals surface area contributed by atoms with Gasteiger partial charge in [0.25, 0.3) is 0 Å². The lowest BCUT2D eigenvalue weighted by Crippen LogP contribution is -2.52. The third-order valence-electron chi connectivity index (χ3n) is 6.30. The average Bonchev–Trinajstić information content (AvgIpc) is 3.44. The van der Waals surface area contributed by atoms with Crippen LogP contribution in [0.5, 0.6) is 0 Å². The number of sulfonamides is 1. The number of piperazine rings is 1. The van der Waals surface area contributed by atoms with Crippen LogP contribution in [0, 0.1) is 0 Å². The Kier molecular flexibility index (Phi) is 5.86. The van der Waals surface area contributed by atoms with E-state index in [1.165, 1.54) is 22.5 Å². The molecule has 0 saturated carbocycles. The second-order valence-corrected chi connectivity index (χ2v) is 11.0. The van der Waals surface area contributed by atoms with E-state index in [-0.39, 0.29) is 12.1 Å². The van der Waals surface area contributed by atoms with Gasteiger partial charge in [-0.1, -0.05) is 42.5 Å². The molecule has 0 amide bonds. The number of nitrogens with one attached hydrogen (secondary N) is 1. The number of nitrogens with zero attached hydrogens (tertiary/aromatic N) is 2. The Balaban J connectivity index is 1.36. The molecule has 0 spiro atoms. The van der Waals surface area contributed by atoms with Crippen molar-refractivity contribution in [2.45, 2.75) is 23.4 Å². The lowest BCUT2D eigenvalue weighted by Gasteiger charge is -2.40. The van der Waals surface area contributed by atoms with Crippen molar-refractivity contribution in [1.29, 1.82) is 0 Å². The van der Waals surface area contributed by atoms with E-state index in [1.807, 2.05) is 30.3 Å². The normalized spacial score (nSPS) is 21.4. The number of aldehydes is 1. The molecule has 5 rings (SSSR count). The molecule has 2 aromatic carbocycles. The third kappa shape index (κ3) is 4.11. The number of anilines is 1. The molecule has 2 heterocycles. The predicted octanol–water partition coefficient (Wildman–Crippen LogP) is 3.33. The first-order valence-electron chi connectivity index (χ1n) is 10.7. The highest BCUT2D eigenvalue weighted by molar-refractivity contribution is 7.89. The van der Waals surface area contributed by atoms with Gasteiger partial charge >= 0.3 is 0 Å². The molecule has 1 N–H and O–H groups in total. The molecule has 1 fully saturated rings. The molecule has 32 heavy (non-hydrogen) atoms. The van der Waals surface area contributed by atoms with Gasteiger partial charge in [0.2, 0.25) is 10.0 Å². The lowest BCUT2D eigenvalue weighted by molar-refractivity contribution is 0.112. The van der Waals surface area contributed by atoms with Crippen molar-refractivity contribution < 1.29 is 13.2 Å². The van der Waals surface area contributed by atoms with E-state index in [9.17, 15) is 13.2 Å². The highest BCUT2D eigenvalue weighted by atomic mass is 32.2. The molecule has 2 atom stereocenters. The van der Waals surface area contributed by atoms with Gasteiger partial charge in [-0.3, -0.25) is 9.69 Å². The van der Waals surface area contributed by atoms with Crippen LogP contribution in [0.15, 0.2) is 71.6 Å². The van der Waals surface area contributed by atoms with E-state index in [2.05, 4.69) is 26.7 Å². The van der Waals surface area contributed by atoms with Crippen LogP contribution in [0.2, 0.25) is 0 Å². The summed E-state index contributed by atoms with van der Waals surface area (Å²) in [4.78, 5) is 16.8. The number of hydrogen-bond acceptors (Lipinski definition) is 6. The number of hydrogen-bond donors (Lipinski definition) is 1. The largest absolute Gasteiger partial charge is 0.361 e. The molecule has 8 heteroatoms. The summed E-state index contributed by atoms with van der Waals surface area (Å²) < 4.78 is 29.1. The van der Waals surface area contributed by atoms with Gasteiger partial charge in [0, 0.05) is 32.2 Å². The summed E-state index contributed by atoms with van der Waals surface area (Å²) in [5.74, 6) is 0. The van der Waals surface area contributed by atoms with Crippen molar-refractivity contribution >= 4 is 32.6 Å². The fourth-order valence-corrected chi connectivity index (χ4v) is 6.93. The molecule has 1 aliphatic heterocycles. The Labute approximate surface area is 192 Å². The molecule has 3 aromatic rings. The van der Waals surface area contributed by atoms with E-state index in [0.29, 0.717) is 11.3 Å². The maximum Gasteiger partial charge on any atom is 0.240 e. The number of fused-ring (bicyclic) bond motifs is 1. The van der Waals surface area contributed by atoms with Crippen LogP contribution in [0.4, 0.5) is 5.00 Å². The minimum absolute atomic E-state index is 0.000657. The van der Waals surface area contributed by atoms with Gasteiger partial charge in [0.1, 0.15) is 0 Å². The zero-order chi connectivity index (χ0) is 22.1. The maximum absolute atomic E-state index is 13.1. The van der Waals surface area contributed by atoms with Gasteiger partial charge in [-0.25, -0.2) is 13.1 Å². The minimum Gasteiger partial charge on any atom is -0.361 e.